The first-order chi connectivity index (χ1) is 18.3. The molecule has 0 spiro atoms. The Morgan fingerprint density at radius 1 is 0.872 bits per heavy atom. The molecular formula is C30H44NO7P. The first-order valence-electron chi connectivity index (χ1n) is 13.5. The summed E-state index contributed by atoms with van der Waals surface area (Å²) >= 11 is 0. The molecule has 0 bridgehead atoms. The number of hydrogen-bond acceptors (Lipinski definition) is 8. The molecule has 2 aromatic carbocycles. The molecule has 39 heavy (non-hydrogen) atoms. The summed E-state index contributed by atoms with van der Waals surface area (Å²) in [6, 6.07) is 17.8. The van der Waals surface area contributed by atoms with Crippen LogP contribution in [0.25, 0.3) is 0 Å². The fourth-order valence-corrected chi connectivity index (χ4v) is 5.82. The summed E-state index contributed by atoms with van der Waals surface area (Å²) in [5, 5.41) is 0. The lowest BCUT2D eigenvalue weighted by molar-refractivity contribution is -0.00466. The van der Waals surface area contributed by atoms with E-state index < -0.39 is 24.6 Å². The van der Waals surface area contributed by atoms with E-state index in [1.54, 1.807) is 0 Å². The Labute approximate surface area is 233 Å². The van der Waals surface area contributed by atoms with Gasteiger partial charge >= 0.3 is 7.82 Å². The van der Waals surface area contributed by atoms with Crippen molar-refractivity contribution < 1.29 is 32.3 Å². The van der Waals surface area contributed by atoms with Crippen LogP contribution in [0, 0.1) is 0 Å². The molecule has 0 aliphatic carbocycles. The van der Waals surface area contributed by atoms with Crippen molar-refractivity contribution in [3.63, 3.8) is 0 Å². The topological polar surface area (TPSA) is 84.8 Å². The van der Waals surface area contributed by atoms with Crippen LogP contribution in [0.4, 0.5) is 0 Å². The molecular weight excluding hydrogens is 517 g/mol. The number of nitrogens with zero attached hydrogens (tertiary/aromatic N) is 1. The van der Waals surface area contributed by atoms with Crippen molar-refractivity contribution in [2.75, 3.05) is 26.4 Å². The van der Waals surface area contributed by atoms with Crippen LogP contribution in [0.1, 0.15) is 66.9 Å². The molecule has 0 aromatic heterocycles. The molecule has 8 nitrogen and oxygen atoms in total. The van der Waals surface area contributed by atoms with E-state index in [-0.39, 0.29) is 6.61 Å². The van der Waals surface area contributed by atoms with Crippen molar-refractivity contribution in [3.05, 3.63) is 60.2 Å². The lowest BCUT2D eigenvalue weighted by Gasteiger charge is -2.33. The maximum atomic E-state index is 13.6. The number of benzene rings is 2. The molecule has 0 saturated carbocycles. The van der Waals surface area contributed by atoms with Gasteiger partial charge in [-0.15, -0.1) is 0 Å². The molecule has 216 valence electrons. The summed E-state index contributed by atoms with van der Waals surface area (Å²) in [7, 11) is -3.86. The van der Waals surface area contributed by atoms with Gasteiger partial charge in [-0.2, -0.15) is 0 Å². The second kappa shape index (κ2) is 13.3. The van der Waals surface area contributed by atoms with Crippen LogP contribution in [-0.2, 0) is 29.3 Å². The second-order valence-corrected chi connectivity index (χ2v) is 13.3. The summed E-state index contributed by atoms with van der Waals surface area (Å²) in [5.41, 5.74) is -0.972. The smallest absolute Gasteiger partial charge is 0.475 e. The average Bonchev–Trinajstić information content (AvgIpc) is 3.21. The van der Waals surface area contributed by atoms with Crippen molar-refractivity contribution in [2.24, 2.45) is 4.99 Å². The molecule has 1 heterocycles. The number of rotatable bonds is 14. The van der Waals surface area contributed by atoms with Gasteiger partial charge in [-0.25, -0.2) is 9.56 Å². The number of phosphoric ester groups is 1. The third kappa shape index (κ3) is 11.3. The van der Waals surface area contributed by atoms with Gasteiger partial charge in [0.1, 0.15) is 23.6 Å². The summed E-state index contributed by atoms with van der Waals surface area (Å²) in [6.45, 7) is 14.3. The number of ether oxygens (including phenoxy) is 3. The van der Waals surface area contributed by atoms with Crippen LogP contribution in [-0.4, -0.2) is 49.1 Å². The maximum absolute atomic E-state index is 13.6. The SMILES string of the molecule is CC1=NC(CCc2ccc(OCCCOc3ccccc3)cc2)(COP(=O)(OC(C)(C)C)OC(C)(C)C)CO1. The van der Waals surface area contributed by atoms with Gasteiger partial charge in [-0.1, -0.05) is 30.3 Å². The monoisotopic (exact) mass is 561 g/mol. The summed E-state index contributed by atoms with van der Waals surface area (Å²) in [4.78, 5) is 4.73. The first-order valence-corrected chi connectivity index (χ1v) is 15.0. The van der Waals surface area contributed by atoms with Gasteiger partial charge in [0.2, 0.25) is 0 Å². The Morgan fingerprint density at radius 2 is 1.44 bits per heavy atom. The van der Waals surface area contributed by atoms with Gasteiger partial charge in [-0.3, -0.25) is 13.6 Å². The first kappa shape index (κ1) is 31.2. The summed E-state index contributed by atoms with van der Waals surface area (Å²) < 4.78 is 48.3. The van der Waals surface area contributed by atoms with E-state index in [1.807, 2.05) is 103 Å². The molecule has 0 saturated heterocycles. The van der Waals surface area contributed by atoms with Crippen molar-refractivity contribution >= 4 is 13.7 Å². The second-order valence-electron chi connectivity index (χ2n) is 11.8. The highest BCUT2D eigenvalue weighted by molar-refractivity contribution is 7.48. The van der Waals surface area contributed by atoms with Crippen molar-refractivity contribution in [3.8, 4) is 11.5 Å². The van der Waals surface area contributed by atoms with Crippen molar-refractivity contribution in [2.45, 2.75) is 84.5 Å². The number of phosphoric acid groups is 1. The van der Waals surface area contributed by atoms with E-state index in [4.69, 9.17) is 32.8 Å². The molecule has 0 radical (unpaired) electrons. The largest absolute Gasteiger partial charge is 0.493 e. The minimum absolute atomic E-state index is 0.0556. The molecule has 0 amide bonds. The van der Waals surface area contributed by atoms with Gasteiger partial charge in [0.15, 0.2) is 5.90 Å². The van der Waals surface area contributed by atoms with Crippen LogP contribution in [0.5, 0.6) is 11.5 Å². The Balaban J connectivity index is 1.53. The fourth-order valence-electron chi connectivity index (χ4n) is 3.94. The van der Waals surface area contributed by atoms with E-state index >= 15 is 0 Å². The molecule has 1 unspecified atom stereocenters. The van der Waals surface area contributed by atoms with Gasteiger partial charge in [0.25, 0.3) is 0 Å². The van der Waals surface area contributed by atoms with E-state index in [0.29, 0.717) is 32.1 Å². The molecule has 1 aliphatic heterocycles. The molecule has 2 aromatic rings. The molecule has 9 heteroatoms. The average molecular weight is 562 g/mol. The molecule has 1 aliphatic rings. The molecule has 0 fully saturated rings. The van der Waals surface area contributed by atoms with Gasteiger partial charge in [-0.05, 0) is 84.2 Å². The molecule has 0 N–H and O–H groups in total. The highest BCUT2D eigenvalue weighted by Crippen LogP contribution is 2.56. The van der Waals surface area contributed by atoms with Gasteiger partial charge in [0, 0.05) is 13.3 Å². The van der Waals surface area contributed by atoms with Crippen molar-refractivity contribution in [1.82, 2.24) is 0 Å². The Bertz CT molecular complexity index is 1090. The lowest BCUT2D eigenvalue weighted by atomic mass is 9.94. The zero-order valence-corrected chi connectivity index (χ0v) is 25.3. The van der Waals surface area contributed by atoms with Crippen LogP contribution < -0.4 is 9.47 Å². The lowest BCUT2D eigenvalue weighted by Crippen LogP contribution is -2.36. The minimum Gasteiger partial charge on any atom is -0.493 e. The van der Waals surface area contributed by atoms with Gasteiger partial charge < -0.3 is 14.2 Å². The predicted molar refractivity (Wildman–Crippen MR) is 154 cm³/mol. The number of para-hydroxylation sites is 1. The normalized spacial score (nSPS) is 18.0. The molecule has 1 atom stereocenters. The third-order valence-electron chi connectivity index (χ3n) is 5.58. The summed E-state index contributed by atoms with van der Waals surface area (Å²) in [5.74, 6) is 2.26. The predicted octanol–water partition coefficient (Wildman–Crippen LogP) is 7.41. The van der Waals surface area contributed by atoms with E-state index in [1.165, 1.54) is 0 Å². The zero-order valence-electron chi connectivity index (χ0n) is 24.4. The van der Waals surface area contributed by atoms with Crippen LogP contribution >= 0.6 is 7.82 Å². The highest BCUT2D eigenvalue weighted by atomic mass is 31.2. The minimum atomic E-state index is -3.86. The fraction of sp³-hybridized carbons (Fsp3) is 0.567. The highest BCUT2D eigenvalue weighted by Gasteiger charge is 2.43. The summed E-state index contributed by atoms with van der Waals surface area (Å²) in [6.07, 6.45) is 2.17. The van der Waals surface area contributed by atoms with Crippen molar-refractivity contribution in [1.29, 1.82) is 0 Å². The number of hydrogen-bond donors (Lipinski definition) is 0. The standard InChI is InChI=1S/C30H44NO7P/c1-24-31-30(22-35-24,23-36-39(32,37-28(2,3)4)38-29(5,6)7)19-18-25-14-16-27(17-15-25)34-21-11-20-33-26-12-9-8-10-13-26/h8-10,12-17H,11,18-23H2,1-7H3. The maximum Gasteiger partial charge on any atom is 0.475 e. The van der Waals surface area contributed by atoms with E-state index in [0.717, 1.165) is 29.9 Å². The van der Waals surface area contributed by atoms with Gasteiger partial charge in [0.05, 0.1) is 31.0 Å². The van der Waals surface area contributed by atoms with Crippen LogP contribution in [0.15, 0.2) is 59.6 Å². The number of aryl methyl sites for hydroxylation is 1. The van der Waals surface area contributed by atoms with E-state index in [9.17, 15) is 4.57 Å². The number of aliphatic imine (C=N–C) groups is 1. The Kier molecular flexibility index (Phi) is 10.6. The van der Waals surface area contributed by atoms with Crippen LogP contribution in [0.3, 0.4) is 0 Å². The zero-order chi connectivity index (χ0) is 28.6. The van der Waals surface area contributed by atoms with Crippen LogP contribution in [0.2, 0.25) is 0 Å². The third-order valence-corrected chi connectivity index (χ3v) is 7.57. The quantitative estimate of drug-likeness (QED) is 0.175. The van der Waals surface area contributed by atoms with E-state index in [2.05, 4.69) is 0 Å². The Hall–Kier alpha value is -2.38. The Morgan fingerprint density at radius 3 is 1.95 bits per heavy atom. The molecule has 3 rings (SSSR count).